The molecule has 1 fully saturated rings. The molecule has 0 spiro atoms. The van der Waals surface area contributed by atoms with Crippen molar-refractivity contribution in [2.75, 3.05) is 0 Å². The highest BCUT2D eigenvalue weighted by Gasteiger charge is 2.25. The Morgan fingerprint density at radius 3 is 2.77 bits per heavy atom. The summed E-state index contributed by atoms with van der Waals surface area (Å²) in [6.45, 7) is 0. The van der Waals surface area contributed by atoms with E-state index in [-0.39, 0.29) is 5.82 Å². The second-order valence-corrected chi connectivity index (χ2v) is 8.33. The summed E-state index contributed by atoms with van der Waals surface area (Å²) < 4.78 is 26.8. The van der Waals surface area contributed by atoms with Gasteiger partial charge in [0.1, 0.15) is 12.1 Å². The molecule has 3 heterocycles. The van der Waals surface area contributed by atoms with Crippen molar-refractivity contribution in [3.05, 3.63) is 60.4 Å². The fourth-order valence-corrected chi connectivity index (χ4v) is 4.77. The first-order valence-corrected chi connectivity index (χ1v) is 11.1. The van der Waals surface area contributed by atoms with E-state index in [4.69, 9.17) is 8.83 Å². The molecule has 0 bridgehead atoms. The van der Waals surface area contributed by atoms with Crippen LogP contribution in [0, 0.1) is 5.82 Å². The molecule has 1 aliphatic carbocycles. The molecule has 0 unspecified atom stereocenters. The maximum Gasteiger partial charge on any atom is 0.226 e. The Bertz CT molecular complexity index is 1120. The fourth-order valence-electron chi connectivity index (χ4n) is 3.88. The van der Waals surface area contributed by atoms with Gasteiger partial charge in [0.2, 0.25) is 11.7 Å². The van der Waals surface area contributed by atoms with E-state index in [2.05, 4.69) is 19.7 Å². The molecule has 0 radical (unpaired) electrons. The van der Waals surface area contributed by atoms with Gasteiger partial charge in [-0.05, 0) is 43.2 Å². The number of hydrogen-bond acceptors (Lipinski definition) is 6. The first-order chi connectivity index (χ1) is 14.8. The average Bonchev–Trinajstić information content (AvgIpc) is 3.53. The molecule has 1 aromatic carbocycles. The predicted molar refractivity (Wildman–Crippen MR) is 111 cm³/mol. The number of halogens is 1. The van der Waals surface area contributed by atoms with Gasteiger partial charge in [-0.3, -0.25) is 4.57 Å². The van der Waals surface area contributed by atoms with Crippen LogP contribution in [0.4, 0.5) is 4.39 Å². The molecule has 5 rings (SSSR count). The van der Waals surface area contributed by atoms with Crippen molar-refractivity contribution < 1.29 is 13.2 Å². The van der Waals surface area contributed by atoms with E-state index in [1.165, 1.54) is 31.4 Å². The molecule has 0 saturated heterocycles. The zero-order chi connectivity index (χ0) is 20.3. The van der Waals surface area contributed by atoms with Crippen molar-refractivity contribution in [2.45, 2.75) is 49.1 Å². The van der Waals surface area contributed by atoms with Gasteiger partial charge in [-0.2, -0.15) is 0 Å². The molecule has 154 valence electrons. The maximum atomic E-state index is 13.5. The summed E-state index contributed by atoms with van der Waals surface area (Å²) in [6.07, 6.45) is 9.21. The van der Waals surface area contributed by atoms with E-state index < -0.39 is 0 Å². The van der Waals surface area contributed by atoms with Crippen LogP contribution in [-0.2, 0) is 5.75 Å². The van der Waals surface area contributed by atoms with Crippen molar-refractivity contribution in [1.29, 1.82) is 0 Å². The number of nitrogens with zero attached hydrogens (tertiary/aromatic N) is 4. The molecule has 1 aliphatic rings. The number of thioether (sulfide) groups is 1. The number of oxazole rings is 1. The molecule has 3 aromatic heterocycles. The number of aromatic nitrogens is 4. The minimum atomic E-state index is -0.312. The minimum Gasteiger partial charge on any atom is -0.461 e. The number of rotatable bonds is 6. The van der Waals surface area contributed by atoms with E-state index in [1.807, 2.05) is 12.1 Å². The smallest absolute Gasteiger partial charge is 0.226 e. The highest BCUT2D eigenvalue weighted by atomic mass is 32.2. The number of furan rings is 1. The average molecular weight is 425 g/mol. The van der Waals surface area contributed by atoms with Gasteiger partial charge >= 0.3 is 0 Å². The maximum absolute atomic E-state index is 13.5. The molecule has 1 saturated carbocycles. The van der Waals surface area contributed by atoms with Crippen LogP contribution in [0.1, 0.15) is 43.8 Å². The van der Waals surface area contributed by atoms with Gasteiger partial charge in [0, 0.05) is 17.4 Å². The highest BCUT2D eigenvalue weighted by Crippen LogP contribution is 2.36. The molecule has 0 aliphatic heterocycles. The van der Waals surface area contributed by atoms with Crippen LogP contribution < -0.4 is 0 Å². The zero-order valence-corrected chi connectivity index (χ0v) is 17.1. The van der Waals surface area contributed by atoms with Crippen LogP contribution in [0.3, 0.4) is 0 Å². The Balaban J connectivity index is 1.37. The Hall–Kier alpha value is -2.87. The second kappa shape index (κ2) is 8.47. The molecule has 30 heavy (non-hydrogen) atoms. The van der Waals surface area contributed by atoms with Gasteiger partial charge < -0.3 is 8.83 Å². The lowest BCUT2D eigenvalue weighted by Gasteiger charge is -2.25. The predicted octanol–water partition coefficient (Wildman–Crippen LogP) is 6.13. The van der Waals surface area contributed by atoms with Crippen molar-refractivity contribution in [3.63, 3.8) is 0 Å². The molecule has 8 heteroatoms. The lowest BCUT2D eigenvalue weighted by molar-refractivity contribution is 0.337. The Morgan fingerprint density at radius 1 is 1.07 bits per heavy atom. The summed E-state index contributed by atoms with van der Waals surface area (Å²) in [6, 6.07) is 10.4. The van der Waals surface area contributed by atoms with Gasteiger partial charge in [0.25, 0.3) is 0 Å². The molecule has 4 aromatic rings. The van der Waals surface area contributed by atoms with Crippen molar-refractivity contribution in [3.8, 4) is 23.0 Å². The normalized spacial score (nSPS) is 15.0. The summed E-state index contributed by atoms with van der Waals surface area (Å²) in [5.74, 6) is 2.19. The molecule has 6 nitrogen and oxygen atoms in total. The Labute approximate surface area is 177 Å². The molecule has 0 N–H and O–H groups in total. The van der Waals surface area contributed by atoms with Gasteiger partial charge in [0.05, 0.1) is 12.0 Å². The van der Waals surface area contributed by atoms with Crippen molar-refractivity contribution in [1.82, 2.24) is 19.7 Å². The largest absolute Gasteiger partial charge is 0.461 e. The summed E-state index contributed by atoms with van der Waals surface area (Å²) in [7, 11) is 0. The standard InChI is InChI=1S/C22H21FN4O2S/c23-16-7-4-6-15(12-16)21-24-17(13-29-21)14-30-22-26-25-20(19-10-5-11-28-19)27(22)18-8-2-1-3-9-18/h4-7,10-13,18H,1-3,8-9,14H2. The van der Waals surface area contributed by atoms with Crippen LogP contribution in [0.25, 0.3) is 23.0 Å². The summed E-state index contributed by atoms with van der Waals surface area (Å²) >= 11 is 1.57. The zero-order valence-electron chi connectivity index (χ0n) is 16.3. The Kier molecular flexibility index (Phi) is 5.40. The molecular weight excluding hydrogens is 403 g/mol. The Morgan fingerprint density at radius 2 is 1.97 bits per heavy atom. The first kappa shape index (κ1) is 19.1. The third kappa shape index (κ3) is 3.92. The third-order valence-electron chi connectivity index (χ3n) is 5.32. The monoisotopic (exact) mass is 424 g/mol. The van der Waals surface area contributed by atoms with Crippen molar-refractivity contribution >= 4 is 11.8 Å². The van der Waals surface area contributed by atoms with Gasteiger partial charge in [-0.15, -0.1) is 10.2 Å². The lowest BCUT2D eigenvalue weighted by Crippen LogP contribution is -2.15. The molecule has 0 amide bonds. The van der Waals surface area contributed by atoms with E-state index in [0.29, 0.717) is 23.2 Å². The number of benzene rings is 1. The number of hydrogen-bond donors (Lipinski definition) is 0. The molecule has 0 atom stereocenters. The van der Waals surface area contributed by atoms with Crippen LogP contribution >= 0.6 is 11.8 Å². The molecular formula is C22H21FN4O2S. The highest BCUT2D eigenvalue weighted by molar-refractivity contribution is 7.98. The second-order valence-electron chi connectivity index (χ2n) is 7.39. The summed E-state index contributed by atoms with van der Waals surface area (Å²) in [5, 5.41) is 9.72. The first-order valence-electron chi connectivity index (χ1n) is 10.1. The van der Waals surface area contributed by atoms with E-state index in [1.54, 1.807) is 36.4 Å². The summed E-state index contributed by atoms with van der Waals surface area (Å²) in [5.41, 5.74) is 1.40. The lowest BCUT2D eigenvalue weighted by atomic mass is 9.95. The SMILES string of the molecule is Fc1cccc(-c2nc(CSc3nnc(-c4ccco4)n3C3CCCCC3)co2)c1. The van der Waals surface area contributed by atoms with Crippen LogP contribution in [0.15, 0.2) is 62.9 Å². The van der Waals surface area contributed by atoms with Gasteiger partial charge in [-0.25, -0.2) is 9.37 Å². The van der Waals surface area contributed by atoms with E-state index >= 15 is 0 Å². The van der Waals surface area contributed by atoms with Crippen LogP contribution in [-0.4, -0.2) is 19.7 Å². The quantitative estimate of drug-likeness (QED) is 0.347. The minimum absolute atomic E-state index is 0.312. The van der Waals surface area contributed by atoms with Gasteiger partial charge in [-0.1, -0.05) is 37.1 Å². The van der Waals surface area contributed by atoms with E-state index in [9.17, 15) is 4.39 Å². The van der Waals surface area contributed by atoms with Crippen molar-refractivity contribution in [2.24, 2.45) is 0 Å². The van der Waals surface area contributed by atoms with Crippen LogP contribution in [0.2, 0.25) is 0 Å². The fraction of sp³-hybridized carbons (Fsp3) is 0.318. The van der Waals surface area contributed by atoms with Crippen LogP contribution in [0.5, 0.6) is 0 Å². The summed E-state index contributed by atoms with van der Waals surface area (Å²) in [4.78, 5) is 4.51. The van der Waals surface area contributed by atoms with E-state index in [0.717, 1.165) is 35.3 Å². The topological polar surface area (TPSA) is 69.9 Å². The van der Waals surface area contributed by atoms with Gasteiger partial charge in [0.15, 0.2) is 10.9 Å². The third-order valence-corrected chi connectivity index (χ3v) is 6.30.